The second-order valence-corrected chi connectivity index (χ2v) is 6.75. The predicted octanol–water partition coefficient (Wildman–Crippen LogP) is 5.38. The minimum atomic E-state index is -4.61. The lowest BCUT2D eigenvalue weighted by Crippen LogP contribution is -2.31. The fourth-order valence-corrected chi connectivity index (χ4v) is 2.83. The topological polar surface area (TPSA) is 59.0 Å². The van der Waals surface area contributed by atoms with E-state index in [1.54, 1.807) is 12.3 Å². The van der Waals surface area contributed by atoms with Crippen LogP contribution >= 0.6 is 11.6 Å². The lowest BCUT2D eigenvalue weighted by Gasteiger charge is -2.13. The fourth-order valence-electron chi connectivity index (χ4n) is 2.62. The van der Waals surface area contributed by atoms with Crippen molar-refractivity contribution in [3.05, 3.63) is 82.3 Å². The molecule has 0 saturated carbocycles. The van der Waals surface area contributed by atoms with Crippen LogP contribution in [-0.4, -0.2) is 15.5 Å². The van der Waals surface area contributed by atoms with Gasteiger partial charge in [0, 0.05) is 18.9 Å². The number of amides is 1. The molecule has 5 nitrogen and oxygen atoms in total. The Morgan fingerprint density at radius 1 is 1.00 bits per heavy atom. The van der Waals surface area contributed by atoms with Gasteiger partial charge in [-0.1, -0.05) is 23.7 Å². The number of carbonyl (C=O) groups is 1. The average molecular weight is 463 g/mol. The third-order valence-electron chi connectivity index (χ3n) is 4.16. The number of benzene rings is 1. The number of carbonyl (C=O) groups excluding carboxylic acids is 1. The quantitative estimate of drug-likeness (QED) is 0.395. The number of pyridine rings is 1. The summed E-state index contributed by atoms with van der Waals surface area (Å²) in [6.45, 7) is 0.118. The Morgan fingerprint density at radius 3 is 2.23 bits per heavy atom. The standard InChI is InChI=1S/C19H13ClF6N4O/c20-14-8-13(19(24,25)26)9-27-16(14)28-29-17(31)15-2-1-7-30(15)10-11-3-5-12(6-4-11)18(21,22)23/h1-9H,10H2,(H,27,28)(H,29,31). The van der Waals surface area contributed by atoms with Crippen molar-refractivity contribution in [3.63, 3.8) is 0 Å². The summed E-state index contributed by atoms with van der Waals surface area (Å²) in [4.78, 5) is 16.0. The van der Waals surface area contributed by atoms with E-state index in [1.807, 2.05) is 0 Å². The highest BCUT2D eigenvalue weighted by Gasteiger charge is 2.32. The zero-order chi connectivity index (χ0) is 22.8. The molecular formula is C19H13ClF6N4O. The van der Waals surface area contributed by atoms with E-state index in [0.717, 1.165) is 12.1 Å². The van der Waals surface area contributed by atoms with Gasteiger partial charge in [-0.25, -0.2) is 4.98 Å². The van der Waals surface area contributed by atoms with Crippen molar-refractivity contribution < 1.29 is 31.1 Å². The molecule has 0 fully saturated rings. The fraction of sp³-hybridized carbons (Fsp3) is 0.158. The molecule has 164 valence electrons. The van der Waals surface area contributed by atoms with Crippen LogP contribution in [0.25, 0.3) is 0 Å². The lowest BCUT2D eigenvalue weighted by molar-refractivity contribution is -0.138. The van der Waals surface area contributed by atoms with E-state index in [4.69, 9.17) is 11.6 Å². The third kappa shape index (κ3) is 5.48. The van der Waals surface area contributed by atoms with Gasteiger partial charge < -0.3 is 4.57 Å². The smallest absolute Gasteiger partial charge is 0.339 e. The van der Waals surface area contributed by atoms with Gasteiger partial charge in [0.05, 0.1) is 16.1 Å². The van der Waals surface area contributed by atoms with Crippen LogP contribution in [0.3, 0.4) is 0 Å². The molecule has 2 aromatic heterocycles. The minimum absolute atomic E-state index is 0.118. The van der Waals surface area contributed by atoms with Crippen LogP contribution in [-0.2, 0) is 18.9 Å². The summed E-state index contributed by atoms with van der Waals surface area (Å²) in [6.07, 6.45) is -6.95. The molecular weight excluding hydrogens is 450 g/mol. The molecule has 1 amide bonds. The van der Waals surface area contributed by atoms with E-state index in [-0.39, 0.29) is 23.1 Å². The maximum absolute atomic E-state index is 12.7. The summed E-state index contributed by atoms with van der Waals surface area (Å²) in [5.41, 5.74) is 3.46. The Kier molecular flexibility index (Phi) is 6.16. The van der Waals surface area contributed by atoms with Gasteiger partial charge in [-0.15, -0.1) is 0 Å². The first-order valence-corrected chi connectivity index (χ1v) is 8.93. The van der Waals surface area contributed by atoms with Gasteiger partial charge in [0.15, 0.2) is 5.82 Å². The first kappa shape index (κ1) is 22.5. The normalized spacial score (nSPS) is 12.0. The van der Waals surface area contributed by atoms with Crippen molar-refractivity contribution in [2.75, 3.05) is 5.43 Å². The van der Waals surface area contributed by atoms with Crippen molar-refractivity contribution >= 4 is 23.3 Å². The maximum Gasteiger partial charge on any atom is 0.417 e. The molecule has 31 heavy (non-hydrogen) atoms. The minimum Gasteiger partial charge on any atom is -0.339 e. The summed E-state index contributed by atoms with van der Waals surface area (Å²) in [5, 5.41) is -0.352. The molecule has 1 aromatic carbocycles. The van der Waals surface area contributed by atoms with Crippen LogP contribution in [0.4, 0.5) is 32.2 Å². The van der Waals surface area contributed by atoms with E-state index in [0.29, 0.717) is 17.8 Å². The van der Waals surface area contributed by atoms with E-state index >= 15 is 0 Å². The number of rotatable bonds is 5. The molecule has 0 aliphatic carbocycles. The van der Waals surface area contributed by atoms with E-state index < -0.39 is 29.4 Å². The summed E-state index contributed by atoms with van der Waals surface area (Å²) >= 11 is 5.77. The van der Waals surface area contributed by atoms with Gasteiger partial charge in [-0.05, 0) is 35.9 Å². The third-order valence-corrected chi connectivity index (χ3v) is 4.45. The zero-order valence-electron chi connectivity index (χ0n) is 15.4. The number of hydrogen-bond donors (Lipinski definition) is 2. The molecule has 0 spiro atoms. The molecule has 0 atom stereocenters. The Hall–Kier alpha value is -3.21. The number of anilines is 1. The maximum atomic E-state index is 12.7. The monoisotopic (exact) mass is 462 g/mol. The molecule has 0 unspecified atom stereocenters. The van der Waals surface area contributed by atoms with Crippen LogP contribution in [0.2, 0.25) is 5.02 Å². The van der Waals surface area contributed by atoms with Gasteiger partial charge in [-0.3, -0.25) is 15.6 Å². The first-order chi connectivity index (χ1) is 14.4. The summed E-state index contributed by atoms with van der Waals surface area (Å²) in [6, 6.07) is 8.17. The van der Waals surface area contributed by atoms with Crippen molar-refractivity contribution in [2.45, 2.75) is 18.9 Å². The van der Waals surface area contributed by atoms with Gasteiger partial charge in [0.25, 0.3) is 5.91 Å². The molecule has 0 bridgehead atoms. The predicted molar refractivity (Wildman–Crippen MR) is 100 cm³/mol. The molecule has 3 aromatic rings. The van der Waals surface area contributed by atoms with E-state index in [2.05, 4.69) is 15.8 Å². The van der Waals surface area contributed by atoms with Crippen molar-refractivity contribution in [2.24, 2.45) is 0 Å². The Bertz CT molecular complexity index is 1080. The highest BCUT2D eigenvalue weighted by atomic mass is 35.5. The summed E-state index contributed by atoms with van der Waals surface area (Å²) < 4.78 is 77.5. The summed E-state index contributed by atoms with van der Waals surface area (Å²) in [5.74, 6) is -0.849. The Labute approximate surface area is 176 Å². The average Bonchev–Trinajstić information content (AvgIpc) is 3.14. The van der Waals surface area contributed by atoms with E-state index in [9.17, 15) is 31.1 Å². The number of halogens is 7. The van der Waals surface area contributed by atoms with Gasteiger partial charge in [-0.2, -0.15) is 26.3 Å². The second kappa shape index (κ2) is 8.50. The highest BCUT2D eigenvalue weighted by molar-refractivity contribution is 6.33. The largest absolute Gasteiger partial charge is 0.417 e. The van der Waals surface area contributed by atoms with E-state index in [1.165, 1.54) is 22.8 Å². The molecule has 2 heterocycles. The number of hydrazine groups is 1. The molecule has 2 N–H and O–H groups in total. The summed E-state index contributed by atoms with van der Waals surface area (Å²) in [7, 11) is 0. The van der Waals surface area contributed by atoms with Gasteiger partial charge >= 0.3 is 12.4 Å². The highest BCUT2D eigenvalue weighted by Crippen LogP contribution is 2.32. The molecule has 0 aliphatic heterocycles. The Morgan fingerprint density at radius 2 is 1.65 bits per heavy atom. The number of nitrogens with one attached hydrogen (secondary N) is 2. The molecule has 12 heteroatoms. The molecule has 0 radical (unpaired) electrons. The first-order valence-electron chi connectivity index (χ1n) is 8.55. The Balaban J connectivity index is 1.67. The number of alkyl halides is 6. The lowest BCUT2D eigenvalue weighted by atomic mass is 10.1. The van der Waals surface area contributed by atoms with Crippen LogP contribution in [0.5, 0.6) is 0 Å². The zero-order valence-corrected chi connectivity index (χ0v) is 16.1. The van der Waals surface area contributed by atoms with Gasteiger partial charge in [0.1, 0.15) is 5.69 Å². The van der Waals surface area contributed by atoms with Crippen molar-refractivity contribution in [1.29, 1.82) is 0 Å². The number of aromatic nitrogens is 2. The number of nitrogens with zero attached hydrogens (tertiary/aromatic N) is 2. The van der Waals surface area contributed by atoms with Crippen LogP contribution in [0.1, 0.15) is 27.2 Å². The van der Waals surface area contributed by atoms with Crippen LogP contribution in [0, 0.1) is 0 Å². The van der Waals surface area contributed by atoms with Crippen LogP contribution < -0.4 is 10.9 Å². The molecule has 0 aliphatic rings. The van der Waals surface area contributed by atoms with Crippen LogP contribution in [0.15, 0.2) is 54.9 Å². The SMILES string of the molecule is O=C(NNc1ncc(C(F)(F)F)cc1Cl)c1cccn1Cc1ccc(C(F)(F)F)cc1. The van der Waals surface area contributed by atoms with Crippen molar-refractivity contribution in [3.8, 4) is 0 Å². The molecule has 0 saturated heterocycles. The van der Waals surface area contributed by atoms with Crippen molar-refractivity contribution in [1.82, 2.24) is 15.0 Å². The number of hydrogen-bond acceptors (Lipinski definition) is 3. The second-order valence-electron chi connectivity index (χ2n) is 6.35. The van der Waals surface area contributed by atoms with Gasteiger partial charge in [0.2, 0.25) is 0 Å². The molecule has 3 rings (SSSR count).